The Bertz CT molecular complexity index is 372. The Hall–Kier alpha value is -0.0800. The molecule has 0 fully saturated rings. The largest absolute Gasteiger partial charge is 0.330 e. The van der Waals surface area contributed by atoms with Crippen LogP contribution in [0, 0.1) is 0 Å². The Morgan fingerprint density at radius 1 is 0.125 bits per heavy atom. The molecule has 0 aromatic carbocycles. The van der Waals surface area contributed by atoms with E-state index in [1.165, 1.54) is 231 Å². The van der Waals surface area contributed by atoms with E-state index >= 15 is 0 Å². The molecule has 0 amide bonds. The van der Waals surface area contributed by atoms with E-state index in [0.29, 0.717) is 0 Å². The monoisotopic (exact) mass is 565 g/mol. The van der Waals surface area contributed by atoms with Crippen molar-refractivity contribution in [1.82, 2.24) is 0 Å². The fraction of sp³-hybridized carbons (Fsp3) is 1.00. The molecule has 0 aliphatic heterocycles. The van der Waals surface area contributed by atoms with Crippen LogP contribution in [0.4, 0.5) is 0 Å². The Labute approximate surface area is 255 Å². The second kappa shape index (κ2) is 38.9. The fourth-order valence-corrected chi connectivity index (χ4v) is 6.30. The van der Waals surface area contributed by atoms with Crippen LogP contribution in [0.5, 0.6) is 0 Å². The SMILES string of the molecule is NCCCCCCCCCCCCCCCCCCCCCCCCCCCCCCCCCCCCCCN. The zero-order valence-electron chi connectivity index (χ0n) is 28.0. The van der Waals surface area contributed by atoms with Crippen molar-refractivity contribution in [2.45, 2.75) is 231 Å². The number of unbranched alkanes of at least 4 members (excludes halogenated alkanes) is 35. The van der Waals surface area contributed by atoms with Crippen molar-refractivity contribution in [3.63, 3.8) is 0 Å². The van der Waals surface area contributed by atoms with Crippen LogP contribution in [0.25, 0.3) is 0 Å². The van der Waals surface area contributed by atoms with Crippen LogP contribution in [-0.4, -0.2) is 13.1 Å². The molecule has 0 aliphatic carbocycles. The number of rotatable bonds is 37. The molecule has 2 nitrogen and oxygen atoms in total. The molecular weight excluding hydrogens is 484 g/mol. The summed E-state index contributed by atoms with van der Waals surface area (Å²) in [5, 5.41) is 0. The fourth-order valence-electron chi connectivity index (χ4n) is 6.30. The molecule has 4 N–H and O–H groups in total. The second-order valence-corrected chi connectivity index (χ2v) is 13.3. The maximum absolute atomic E-state index is 5.55. The Balaban J connectivity index is 3.01. The summed E-state index contributed by atoms with van der Waals surface area (Å²) >= 11 is 0. The average Bonchev–Trinajstić information content (AvgIpc) is 2.97. The molecule has 242 valence electrons. The van der Waals surface area contributed by atoms with Gasteiger partial charge in [0.1, 0.15) is 0 Å². The molecule has 0 saturated carbocycles. The lowest BCUT2D eigenvalue weighted by Crippen LogP contribution is -1.97. The van der Waals surface area contributed by atoms with Gasteiger partial charge in [-0.15, -0.1) is 0 Å². The normalized spacial score (nSPS) is 11.6. The average molecular weight is 565 g/mol. The summed E-state index contributed by atoms with van der Waals surface area (Å²) in [6.45, 7) is 1.75. The summed E-state index contributed by atoms with van der Waals surface area (Å²) < 4.78 is 0. The minimum absolute atomic E-state index is 0.873. The highest BCUT2D eigenvalue weighted by Crippen LogP contribution is 2.17. The van der Waals surface area contributed by atoms with Gasteiger partial charge < -0.3 is 11.5 Å². The van der Waals surface area contributed by atoms with Gasteiger partial charge in [0.25, 0.3) is 0 Å². The number of nitrogens with two attached hydrogens (primary N) is 2. The van der Waals surface area contributed by atoms with Crippen LogP contribution in [0.3, 0.4) is 0 Å². The van der Waals surface area contributed by atoms with Crippen molar-refractivity contribution in [1.29, 1.82) is 0 Å². The highest BCUT2D eigenvalue weighted by molar-refractivity contribution is 4.53. The van der Waals surface area contributed by atoms with E-state index in [1.54, 1.807) is 0 Å². The zero-order chi connectivity index (χ0) is 28.9. The molecule has 0 saturated heterocycles. The van der Waals surface area contributed by atoms with Crippen molar-refractivity contribution < 1.29 is 0 Å². The molecule has 0 aromatic heterocycles. The van der Waals surface area contributed by atoms with Gasteiger partial charge in [0.15, 0.2) is 0 Å². The smallest absolute Gasteiger partial charge is 0.00773 e. The van der Waals surface area contributed by atoms with Crippen molar-refractivity contribution in [2.75, 3.05) is 13.1 Å². The Kier molecular flexibility index (Phi) is 38.8. The van der Waals surface area contributed by atoms with Gasteiger partial charge >= 0.3 is 0 Å². The van der Waals surface area contributed by atoms with Gasteiger partial charge in [-0.3, -0.25) is 0 Å². The van der Waals surface area contributed by atoms with E-state index in [0.717, 1.165) is 13.1 Å². The first kappa shape index (κ1) is 39.9. The van der Waals surface area contributed by atoms with Crippen molar-refractivity contribution in [3.8, 4) is 0 Å². The summed E-state index contributed by atoms with van der Waals surface area (Å²) in [5.41, 5.74) is 11.1. The maximum Gasteiger partial charge on any atom is -0.00773 e. The van der Waals surface area contributed by atoms with E-state index < -0.39 is 0 Å². The number of hydrogen-bond donors (Lipinski definition) is 2. The molecular formula is C38H80N2. The van der Waals surface area contributed by atoms with E-state index in [9.17, 15) is 0 Å². The minimum atomic E-state index is 0.873. The lowest BCUT2D eigenvalue weighted by Gasteiger charge is -2.05. The third-order valence-electron chi connectivity index (χ3n) is 9.16. The minimum Gasteiger partial charge on any atom is -0.330 e. The van der Waals surface area contributed by atoms with Crippen LogP contribution in [0.1, 0.15) is 231 Å². The molecule has 0 atom stereocenters. The third kappa shape index (κ3) is 37.9. The predicted octanol–water partition coefficient (Wildman–Crippen LogP) is 12.9. The molecule has 0 rings (SSSR count). The topological polar surface area (TPSA) is 52.0 Å². The van der Waals surface area contributed by atoms with E-state index in [1.807, 2.05) is 0 Å². The maximum atomic E-state index is 5.55. The summed E-state index contributed by atoms with van der Waals surface area (Å²) in [5.74, 6) is 0. The molecule has 0 heterocycles. The molecule has 40 heavy (non-hydrogen) atoms. The zero-order valence-corrected chi connectivity index (χ0v) is 28.0. The van der Waals surface area contributed by atoms with E-state index in [4.69, 9.17) is 11.5 Å². The van der Waals surface area contributed by atoms with Crippen molar-refractivity contribution >= 4 is 0 Å². The highest BCUT2D eigenvalue weighted by atomic mass is 14.5. The first-order valence-corrected chi connectivity index (χ1v) is 19.3. The standard InChI is InChI=1S/C38H80N2/c39-37-35-33-31-29-27-25-23-21-19-17-15-13-11-9-7-5-3-1-2-4-6-8-10-12-14-16-18-20-22-24-26-28-30-32-34-36-38-40/h1-40H2. The van der Waals surface area contributed by atoms with E-state index in [-0.39, 0.29) is 0 Å². The lowest BCUT2D eigenvalue weighted by atomic mass is 10.0. The van der Waals surface area contributed by atoms with Gasteiger partial charge in [0.05, 0.1) is 0 Å². The highest BCUT2D eigenvalue weighted by Gasteiger charge is 1.97. The summed E-state index contributed by atoms with van der Waals surface area (Å²) in [6.07, 6.45) is 52.2. The van der Waals surface area contributed by atoms with Gasteiger partial charge in [-0.05, 0) is 25.9 Å². The van der Waals surface area contributed by atoms with Gasteiger partial charge in [-0.1, -0.05) is 218 Å². The van der Waals surface area contributed by atoms with Crippen LogP contribution in [-0.2, 0) is 0 Å². The quantitative estimate of drug-likeness (QED) is 0.0737. The van der Waals surface area contributed by atoms with Crippen molar-refractivity contribution in [2.24, 2.45) is 11.5 Å². The van der Waals surface area contributed by atoms with Gasteiger partial charge in [0, 0.05) is 0 Å². The summed E-state index contributed by atoms with van der Waals surface area (Å²) in [7, 11) is 0. The lowest BCUT2D eigenvalue weighted by molar-refractivity contribution is 0.510. The van der Waals surface area contributed by atoms with Crippen molar-refractivity contribution in [3.05, 3.63) is 0 Å². The molecule has 0 spiro atoms. The van der Waals surface area contributed by atoms with Crippen LogP contribution < -0.4 is 11.5 Å². The van der Waals surface area contributed by atoms with Crippen LogP contribution >= 0.6 is 0 Å². The summed E-state index contributed by atoms with van der Waals surface area (Å²) in [6, 6.07) is 0. The third-order valence-corrected chi connectivity index (χ3v) is 9.16. The van der Waals surface area contributed by atoms with Gasteiger partial charge in [-0.2, -0.15) is 0 Å². The number of hydrogen-bond acceptors (Lipinski definition) is 2. The second-order valence-electron chi connectivity index (χ2n) is 13.3. The first-order chi connectivity index (χ1) is 19.9. The van der Waals surface area contributed by atoms with Crippen LogP contribution in [0.15, 0.2) is 0 Å². The predicted molar refractivity (Wildman–Crippen MR) is 184 cm³/mol. The first-order valence-electron chi connectivity index (χ1n) is 19.3. The van der Waals surface area contributed by atoms with Gasteiger partial charge in [0.2, 0.25) is 0 Å². The molecule has 0 radical (unpaired) electrons. The molecule has 2 heteroatoms. The van der Waals surface area contributed by atoms with Gasteiger partial charge in [-0.25, -0.2) is 0 Å². The van der Waals surface area contributed by atoms with Crippen LogP contribution in [0.2, 0.25) is 0 Å². The Morgan fingerprint density at radius 2 is 0.200 bits per heavy atom. The molecule has 0 unspecified atom stereocenters. The molecule has 0 aliphatic rings. The summed E-state index contributed by atoms with van der Waals surface area (Å²) in [4.78, 5) is 0. The molecule has 0 bridgehead atoms. The Morgan fingerprint density at radius 3 is 0.275 bits per heavy atom. The van der Waals surface area contributed by atoms with E-state index in [2.05, 4.69) is 0 Å². The molecule has 0 aromatic rings.